The van der Waals surface area contributed by atoms with E-state index in [0.717, 1.165) is 57.7 Å². The minimum Gasteiger partial charge on any atom is -0.494 e. The van der Waals surface area contributed by atoms with Crippen LogP contribution in [0.5, 0.6) is 5.75 Å². The number of nitrogens with zero attached hydrogens (tertiary/aromatic N) is 3. The highest BCUT2D eigenvalue weighted by Crippen LogP contribution is 2.26. The lowest BCUT2D eigenvalue weighted by atomic mass is 10.1. The molecule has 0 spiro atoms. The van der Waals surface area contributed by atoms with Gasteiger partial charge in [0.05, 0.1) is 13.7 Å². The van der Waals surface area contributed by atoms with Crippen LogP contribution in [-0.4, -0.2) is 73.5 Å². The van der Waals surface area contributed by atoms with Crippen molar-refractivity contribution in [2.45, 2.75) is 32.2 Å². The molecule has 0 saturated carbocycles. The van der Waals surface area contributed by atoms with Gasteiger partial charge in [-0.2, -0.15) is 0 Å². The van der Waals surface area contributed by atoms with Gasteiger partial charge >= 0.3 is 0 Å². The van der Waals surface area contributed by atoms with Crippen LogP contribution >= 0.6 is 0 Å². The monoisotopic (exact) mass is 363 g/mol. The molecule has 2 heterocycles. The smallest absolute Gasteiger partial charge is 0.236 e. The number of benzene rings is 1. The van der Waals surface area contributed by atoms with Crippen LogP contribution in [0.3, 0.4) is 0 Å². The van der Waals surface area contributed by atoms with E-state index in [9.17, 15) is 9.18 Å². The first-order valence-electron chi connectivity index (χ1n) is 9.66. The molecule has 2 aliphatic rings. The van der Waals surface area contributed by atoms with Crippen molar-refractivity contribution in [1.82, 2.24) is 14.7 Å². The van der Waals surface area contributed by atoms with E-state index >= 15 is 0 Å². The predicted molar refractivity (Wildman–Crippen MR) is 99.8 cm³/mol. The highest BCUT2D eigenvalue weighted by molar-refractivity contribution is 5.78. The molecule has 1 aromatic rings. The number of carbonyl (C=O) groups is 1. The van der Waals surface area contributed by atoms with Crippen molar-refractivity contribution in [1.29, 1.82) is 0 Å². The van der Waals surface area contributed by atoms with Crippen LogP contribution in [0.25, 0.3) is 0 Å². The number of amides is 1. The van der Waals surface area contributed by atoms with Crippen LogP contribution < -0.4 is 4.74 Å². The second-order valence-electron chi connectivity index (χ2n) is 7.32. The third-order valence-electron chi connectivity index (χ3n) is 5.68. The summed E-state index contributed by atoms with van der Waals surface area (Å²) in [5.41, 5.74) is 0.959. The number of halogens is 1. The number of piperidine rings is 1. The minimum absolute atomic E-state index is 0.148. The van der Waals surface area contributed by atoms with Gasteiger partial charge in [0.1, 0.15) is 0 Å². The lowest BCUT2D eigenvalue weighted by Crippen LogP contribution is -2.51. The third-order valence-corrected chi connectivity index (χ3v) is 5.68. The molecule has 1 amide bonds. The number of methoxy groups -OCH3 is 1. The van der Waals surface area contributed by atoms with Gasteiger partial charge in [-0.05, 0) is 43.9 Å². The first-order chi connectivity index (χ1) is 12.6. The van der Waals surface area contributed by atoms with Crippen LogP contribution in [0.15, 0.2) is 18.2 Å². The number of carbonyl (C=O) groups excluding carboxylic acids is 1. The number of hydrogen-bond donors (Lipinski definition) is 0. The van der Waals surface area contributed by atoms with Crippen molar-refractivity contribution >= 4 is 5.91 Å². The molecule has 0 radical (unpaired) electrons. The van der Waals surface area contributed by atoms with E-state index in [1.54, 1.807) is 12.1 Å². The number of hydrogen-bond acceptors (Lipinski definition) is 4. The molecule has 3 rings (SSSR count). The van der Waals surface area contributed by atoms with E-state index in [4.69, 9.17) is 4.74 Å². The van der Waals surface area contributed by atoms with Crippen molar-refractivity contribution < 1.29 is 13.9 Å². The molecule has 0 aromatic heterocycles. The Morgan fingerprint density at radius 2 is 1.81 bits per heavy atom. The highest BCUT2D eigenvalue weighted by atomic mass is 19.1. The quantitative estimate of drug-likeness (QED) is 0.805. The largest absolute Gasteiger partial charge is 0.494 e. The maximum atomic E-state index is 14.0. The second-order valence-corrected chi connectivity index (χ2v) is 7.32. The fraction of sp³-hybridized carbons (Fsp3) is 0.650. The highest BCUT2D eigenvalue weighted by Gasteiger charge is 2.25. The van der Waals surface area contributed by atoms with Gasteiger partial charge in [-0.15, -0.1) is 0 Å². The van der Waals surface area contributed by atoms with Gasteiger partial charge in [0, 0.05) is 45.3 Å². The summed E-state index contributed by atoms with van der Waals surface area (Å²) in [6, 6.07) is 5.33. The summed E-state index contributed by atoms with van der Waals surface area (Å²) in [7, 11) is 1.48. The van der Waals surface area contributed by atoms with E-state index in [0.29, 0.717) is 6.54 Å². The molecule has 2 fully saturated rings. The van der Waals surface area contributed by atoms with Crippen molar-refractivity contribution in [3.63, 3.8) is 0 Å². The Labute approximate surface area is 155 Å². The molecule has 0 bridgehead atoms. The van der Waals surface area contributed by atoms with Gasteiger partial charge in [-0.3, -0.25) is 14.6 Å². The molecule has 2 saturated heterocycles. The molecule has 1 aromatic carbocycles. The fourth-order valence-electron chi connectivity index (χ4n) is 3.90. The van der Waals surface area contributed by atoms with E-state index in [-0.39, 0.29) is 23.5 Å². The zero-order valence-electron chi connectivity index (χ0n) is 15.9. The fourth-order valence-corrected chi connectivity index (χ4v) is 3.90. The molecule has 6 heteroatoms. The number of likely N-dealkylation sites (tertiary alicyclic amines) is 1. The molecule has 0 aliphatic carbocycles. The average Bonchev–Trinajstić information content (AvgIpc) is 2.68. The second kappa shape index (κ2) is 8.82. The Balaban J connectivity index is 1.49. The first kappa shape index (κ1) is 19.1. The zero-order chi connectivity index (χ0) is 18.5. The topological polar surface area (TPSA) is 36.0 Å². The van der Waals surface area contributed by atoms with Crippen LogP contribution in [0.1, 0.15) is 37.8 Å². The molecule has 5 nitrogen and oxygen atoms in total. The summed E-state index contributed by atoms with van der Waals surface area (Å²) >= 11 is 0. The molecule has 2 aliphatic heterocycles. The average molecular weight is 363 g/mol. The van der Waals surface area contributed by atoms with Crippen molar-refractivity contribution in [3.8, 4) is 5.75 Å². The van der Waals surface area contributed by atoms with E-state index in [1.165, 1.54) is 13.5 Å². The standard InChI is InChI=1S/C20H30FN3O2/c1-16(17-6-7-19(26-2)18(21)14-17)23-12-10-22(11-13-23)15-20(25)24-8-4-3-5-9-24/h6-7,14,16H,3-5,8-13,15H2,1-2H3/t16-/m0/s1. The lowest BCUT2D eigenvalue weighted by Gasteiger charge is -2.39. The molecule has 144 valence electrons. The van der Waals surface area contributed by atoms with Crippen molar-refractivity contribution in [3.05, 3.63) is 29.6 Å². The molecule has 0 N–H and O–H groups in total. The number of ether oxygens (including phenoxy) is 1. The number of piperazine rings is 1. The summed E-state index contributed by atoms with van der Waals surface area (Å²) in [5, 5.41) is 0. The van der Waals surface area contributed by atoms with Crippen molar-refractivity contribution in [2.75, 3.05) is 52.9 Å². The Kier molecular flexibility index (Phi) is 6.48. The van der Waals surface area contributed by atoms with Crippen molar-refractivity contribution in [2.24, 2.45) is 0 Å². The summed E-state index contributed by atoms with van der Waals surface area (Å²) in [6.45, 7) is 8.00. The van der Waals surface area contributed by atoms with Gasteiger partial charge in [0.25, 0.3) is 0 Å². The number of rotatable bonds is 5. The van der Waals surface area contributed by atoms with Crippen LogP contribution in [0, 0.1) is 5.82 Å². The van der Waals surface area contributed by atoms with Gasteiger partial charge in [0.2, 0.25) is 5.91 Å². The van der Waals surface area contributed by atoms with Crippen LogP contribution in [0.4, 0.5) is 4.39 Å². The Hall–Kier alpha value is -1.66. The van der Waals surface area contributed by atoms with E-state index in [2.05, 4.69) is 16.7 Å². The molecule has 0 unspecified atom stereocenters. The Morgan fingerprint density at radius 3 is 2.42 bits per heavy atom. The van der Waals surface area contributed by atoms with E-state index < -0.39 is 0 Å². The maximum Gasteiger partial charge on any atom is 0.236 e. The Morgan fingerprint density at radius 1 is 1.12 bits per heavy atom. The van der Waals surface area contributed by atoms with Crippen LogP contribution in [-0.2, 0) is 4.79 Å². The van der Waals surface area contributed by atoms with E-state index in [1.807, 2.05) is 11.0 Å². The molecule has 1 atom stereocenters. The molecular weight excluding hydrogens is 333 g/mol. The van der Waals surface area contributed by atoms with Gasteiger partial charge in [0.15, 0.2) is 11.6 Å². The molecule has 26 heavy (non-hydrogen) atoms. The Bertz CT molecular complexity index is 611. The predicted octanol–water partition coefficient (Wildman–Crippen LogP) is 2.53. The SMILES string of the molecule is COc1ccc([C@H](C)N2CCN(CC(=O)N3CCCCC3)CC2)cc1F. The van der Waals surface area contributed by atoms with Crippen LogP contribution in [0.2, 0.25) is 0 Å². The summed E-state index contributed by atoms with van der Waals surface area (Å²) in [4.78, 5) is 19.0. The minimum atomic E-state index is -0.317. The van der Waals surface area contributed by atoms with Gasteiger partial charge < -0.3 is 9.64 Å². The molecular formula is C20H30FN3O2. The first-order valence-corrected chi connectivity index (χ1v) is 9.66. The van der Waals surface area contributed by atoms with Gasteiger partial charge in [-0.25, -0.2) is 4.39 Å². The third kappa shape index (κ3) is 4.54. The van der Waals surface area contributed by atoms with Gasteiger partial charge in [-0.1, -0.05) is 6.07 Å². The lowest BCUT2D eigenvalue weighted by molar-refractivity contribution is -0.133. The summed E-state index contributed by atoms with van der Waals surface area (Å²) in [5.74, 6) is 0.230. The normalized spacial score (nSPS) is 20.8. The maximum absolute atomic E-state index is 14.0. The summed E-state index contributed by atoms with van der Waals surface area (Å²) < 4.78 is 19.0. The summed E-state index contributed by atoms with van der Waals surface area (Å²) in [6.07, 6.45) is 3.51. The zero-order valence-corrected chi connectivity index (χ0v) is 15.9.